The SMILES string of the molecule is COC(=O)C(C)(C)CNC(C)c1ccccc1C. The van der Waals surface area contributed by atoms with Crippen LogP contribution in [0.2, 0.25) is 0 Å². The van der Waals surface area contributed by atoms with Crippen molar-refractivity contribution in [2.45, 2.75) is 33.7 Å². The first-order chi connectivity index (χ1) is 8.38. The summed E-state index contributed by atoms with van der Waals surface area (Å²) in [5.74, 6) is -0.188. The molecule has 0 radical (unpaired) electrons. The van der Waals surface area contributed by atoms with Crippen LogP contribution in [0.1, 0.15) is 37.9 Å². The van der Waals surface area contributed by atoms with E-state index in [1.54, 1.807) is 0 Å². The fraction of sp³-hybridized carbons (Fsp3) is 0.533. The van der Waals surface area contributed by atoms with Gasteiger partial charge in [-0.15, -0.1) is 0 Å². The molecule has 0 aliphatic heterocycles. The number of aryl methyl sites for hydroxylation is 1. The highest BCUT2D eigenvalue weighted by atomic mass is 16.5. The molecule has 0 amide bonds. The molecular formula is C15H23NO2. The highest BCUT2D eigenvalue weighted by molar-refractivity contribution is 5.76. The van der Waals surface area contributed by atoms with Gasteiger partial charge in [-0.3, -0.25) is 4.79 Å². The molecule has 0 saturated carbocycles. The predicted molar refractivity (Wildman–Crippen MR) is 73.4 cm³/mol. The molecule has 0 aliphatic carbocycles. The molecule has 1 unspecified atom stereocenters. The van der Waals surface area contributed by atoms with Gasteiger partial charge < -0.3 is 10.1 Å². The lowest BCUT2D eigenvalue weighted by Crippen LogP contribution is -2.38. The van der Waals surface area contributed by atoms with Crippen LogP contribution in [0.15, 0.2) is 24.3 Å². The Morgan fingerprint density at radius 1 is 1.39 bits per heavy atom. The fourth-order valence-corrected chi connectivity index (χ4v) is 1.94. The zero-order valence-corrected chi connectivity index (χ0v) is 11.9. The summed E-state index contributed by atoms with van der Waals surface area (Å²) in [4.78, 5) is 11.6. The molecule has 0 aromatic heterocycles. The van der Waals surface area contributed by atoms with Crippen molar-refractivity contribution in [1.29, 1.82) is 0 Å². The lowest BCUT2D eigenvalue weighted by molar-refractivity contribution is -0.150. The zero-order valence-electron chi connectivity index (χ0n) is 11.9. The number of ether oxygens (including phenoxy) is 1. The summed E-state index contributed by atoms with van der Waals surface area (Å²) in [6, 6.07) is 8.49. The molecule has 1 atom stereocenters. The minimum absolute atomic E-state index is 0.188. The number of carbonyl (C=O) groups is 1. The van der Waals surface area contributed by atoms with E-state index in [4.69, 9.17) is 4.74 Å². The molecule has 0 heterocycles. The molecule has 3 nitrogen and oxygen atoms in total. The molecule has 0 aliphatic rings. The Morgan fingerprint density at radius 2 is 2.00 bits per heavy atom. The molecule has 18 heavy (non-hydrogen) atoms. The van der Waals surface area contributed by atoms with Crippen LogP contribution >= 0.6 is 0 Å². The summed E-state index contributed by atoms with van der Waals surface area (Å²) in [5.41, 5.74) is 2.01. The first-order valence-corrected chi connectivity index (χ1v) is 6.26. The molecule has 1 N–H and O–H groups in total. The molecule has 0 saturated heterocycles. The Hall–Kier alpha value is -1.35. The summed E-state index contributed by atoms with van der Waals surface area (Å²) < 4.78 is 4.80. The van der Waals surface area contributed by atoms with Crippen LogP contribution in [0.4, 0.5) is 0 Å². The van der Waals surface area contributed by atoms with Gasteiger partial charge in [-0.2, -0.15) is 0 Å². The van der Waals surface area contributed by atoms with E-state index in [1.165, 1.54) is 18.2 Å². The minimum atomic E-state index is -0.508. The third kappa shape index (κ3) is 3.57. The Bertz CT molecular complexity index is 413. The van der Waals surface area contributed by atoms with Crippen molar-refractivity contribution in [3.8, 4) is 0 Å². The van der Waals surface area contributed by atoms with E-state index in [2.05, 4.69) is 31.3 Å². The number of hydrogen-bond acceptors (Lipinski definition) is 3. The molecule has 100 valence electrons. The molecule has 1 aromatic carbocycles. The minimum Gasteiger partial charge on any atom is -0.469 e. The maximum atomic E-state index is 11.6. The monoisotopic (exact) mass is 249 g/mol. The maximum Gasteiger partial charge on any atom is 0.312 e. The number of carbonyl (C=O) groups excluding carboxylic acids is 1. The topological polar surface area (TPSA) is 38.3 Å². The van der Waals surface area contributed by atoms with Crippen LogP contribution in [0.25, 0.3) is 0 Å². The van der Waals surface area contributed by atoms with Gasteiger partial charge in [-0.25, -0.2) is 0 Å². The van der Waals surface area contributed by atoms with Gasteiger partial charge in [0.1, 0.15) is 0 Å². The summed E-state index contributed by atoms with van der Waals surface area (Å²) in [5, 5.41) is 3.39. The van der Waals surface area contributed by atoms with Gasteiger partial charge in [0.15, 0.2) is 0 Å². The molecule has 1 aromatic rings. The van der Waals surface area contributed by atoms with Gasteiger partial charge in [0.25, 0.3) is 0 Å². The van der Waals surface area contributed by atoms with Crippen molar-refractivity contribution >= 4 is 5.97 Å². The zero-order chi connectivity index (χ0) is 13.8. The predicted octanol–water partition coefficient (Wildman–Crippen LogP) is 2.84. The third-order valence-corrected chi connectivity index (χ3v) is 3.24. The second kappa shape index (κ2) is 6.01. The fourth-order valence-electron chi connectivity index (χ4n) is 1.94. The molecule has 3 heteroatoms. The average molecular weight is 249 g/mol. The number of esters is 1. The van der Waals surface area contributed by atoms with Gasteiger partial charge in [-0.05, 0) is 38.8 Å². The van der Waals surface area contributed by atoms with Crippen LogP contribution in [0.3, 0.4) is 0 Å². The van der Waals surface area contributed by atoms with Crippen molar-refractivity contribution in [1.82, 2.24) is 5.32 Å². The van der Waals surface area contributed by atoms with Gasteiger partial charge in [0.05, 0.1) is 12.5 Å². The lowest BCUT2D eigenvalue weighted by Gasteiger charge is -2.25. The van der Waals surface area contributed by atoms with E-state index in [1.807, 2.05) is 26.0 Å². The molecule has 0 fully saturated rings. The summed E-state index contributed by atoms with van der Waals surface area (Å²) in [6.07, 6.45) is 0. The maximum absolute atomic E-state index is 11.6. The van der Waals surface area contributed by atoms with E-state index < -0.39 is 5.41 Å². The second-order valence-electron chi connectivity index (χ2n) is 5.33. The Morgan fingerprint density at radius 3 is 2.56 bits per heavy atom. The van der Waals surface area contributed by atoms with Crippen LogP contribution in [-0.2, 0) is 9.53 Å². The van der Waals surface area contributed by atoms with E-state index in [9.17, 15) is 4.79 Å². The third-order valence-electron chi connectivity index (χ3n) is 3.24. The quantitative estimate of drug-likeness (QED) is 0.815. The molecule has 0 bridgehead atoms. The van der Waals surface area contributed by atoms with Crippen LogP contribution in [-0.4, -0.2) is 19.6 Å². The van der Waals surface area contributed by atoms with Crippen molar-refractivity contribution in [3.05, 3.63) is 35.4 Å². The Labute approximate surface area is 110 Å². The first-order valence-electron chi connectivity index (χ1n) is 6.26. The molecule has 1 rings (SSSR count). The van der Waals surface area contributed by atoms with Crippen molar-refractivity contribution in [2.24, 2.45) is 5.41 Å². The van der Waals surface area contributed by atoms with Crippen LogP contribution in [0, 0.1) is 12.3 Å². The van der Waals surface area contributed by atoms with E-state index in [0.29, 0.717) is 6.54 Å². The summed E-state index contributed by atoms with van der Waals surface area (Å²) in [6.45, 7) is 8.57. The lowest BCUT2D eigenvalue weighted by atomic mass is 9.92. The Balaban J connectivity index is 2.64. The van der Waals surface area contributed by atoms with Gasteiger partial charge in [0.2, 0.25) is 0 Å². The normalized spacial score (nSPS) is 13.2. The summed E-state index contributed by atoms with van der Waals surface area (Å²) >= 11 is 0. The highest BCUT2D eigenvalue weighted by Gasteiger charge is 2.28. The molecule has 0 spiro atoms. The van der Waals surface area contributed by atoms with Crippen molar-refractivity contribution in [2.75, 3.05) is 13.7 Å². The largest absolute Gasteiger partial charge is 0.469 e. The van der Waals surface area contributed by atoms with E-state index >= 15 is 0 Å². The number of methoxy groups -OCH3 is 1. The second-order valence-corrected chi connectivity index (χ2v) is 5.33. The van der Waals surface area contributed by atoms with Crippen molar-refractivity contribution < 1.29 is 9.53 Å². The van der Waals surface area contributed by atoms with E-state index in [0.717, 1.165) is 0 Å². The first kappa shape index (κ1) is 14.7. The number of hydrogen-bond donors (Lipinski definition) is 1. The highest BCUT2D eigenvalue weighted by Crippen LogP contribution is 2.20. The van der Waals surface area contributed by atoms with Crippen LogP contribution < -0.4 is 5.32 Å². The number of rotatable bonds is 5. The van der Waals surface area contributed by atoms with E-state index in [-0.39, 0.29) is 12.0 Å². The number of benzene rings is 1. The standard InChI is InChI=1S/C15H23NO2/c1-11-8-6-7-9-13(11)12(2)16-10-15(3,4)14(17)18-5/h6-9,12,16H,10H2,1-5H3. The van der Waals surface area contributed by atoms with Crippen LogP contribution in [0.5, 0.6) is 0 Å². The number of nitrogens with one attached hydrogen (secondary N) is 1. The van der Waals surface area contributed by atoms with Gasteiger partial charge >= 0.3 is 5.97 Å². The summed E-state index contributed by atoms with van der Waals surface area (Å²) in [7, 11) is 1.43. The van der Waals surface area contributed by atoms with Crippen molar-refractivity contribution in [3.63, 3.8) is 0 Å². The smallest absolute Gasteiger partial charge is 0.312 e. The van der Waals surface area contributed by atoms with Gasteiger partial charge in [-0.1, -0.05) is 24.3 Å². The Kier molecular flexibility index (Phi) is 4.91. The molecular weight excluding hydrogens is 226 g/mol. The average Bonchev–Trinajstić information content (AvgIpc) is 2.35. The van der Waals surface area contributed by atoms with Gasteiger partial charge in [0, 0.05) is 12.6 Å².